The van der Waals surface area contributed by atoms with E-state index in [-0.39, 0.29) is 17.9 Å². The number of nitrogen functional groups attached to an aromatic ring is 1. The number of rotatable bonds is 4. The van der Waals surface area contributed by atoms with Gasteiger partial charge < -0.3 is 16.2 Å². The first-order valence-corrected chi connectivity index (χ1v) is 12.1. The quantitative estimate of drug-likeness (QED) is 0.342. The number of anilines is 2. The highest BCUT2D eigenvalue weighted by molar-refractivity contribution is 6.15. The van der Waals surface area contributed by atoms with Crippen LogP contribution in [-0.4, -0.2) is 36.5 Å². The smallest absolute Gasteiger partial charge is 0.257 e. The molecule has 4 N–H and O–H groups in total. The minimum atomic E-state index is -0.243. The lowest BCUT2D eigenvalue weighted by molar-refractivity contribution is 0.102. The van der Waals surface area contributed by atoms with Crippen molar-refractivity contribution in [1.29, 1.82) is 0 Å². The number of carbonyl (C=O) groups is 1. The Morgan fingerprint density at radius 2 is 1.72 bits per heavy atom. The predicted octanol–water partition coefficient (Wildman–Crippen LogP) is 4.80. The second kappa shape index (κ2) is 9.05. The van der Waals surface area contributed by atoms with Crippen molar-refractivity contribution in [1.82, 2.24) is 19.4 Å². The average Bonchev–Trinajstić information content (AvgIpc) is 3.30. The molecule has 0 saturated heterocycles. The number of nitrogens with one attached hydrogen (secondary N) is 1. The summed E-state index contributed by atoms with van der Waals surface area (Å²) in [7, 11) is 0. The SMILES string of the molecule is Nc1nccn2c(C3CCC(O)CC3)nc(-c3ccc(C(=O)Nc4ccccn4)c4ccccc34)c12. The molecule has 0 spiro atoms. The van der Waals surface area contributed by atoms with Crippen LogP contribution in [0.5, 0.6) is 0 Å². The summed E-state index contributed by atoms with van der Waals surface area (Å²) in [5.41, 5.74) is 9.33. The number of hydrogen-bond donors (Lipinski definition) is 3. The van der Waals surface area contributed by atoms with Crippen molar-refractivity contribution < 1.29 is 9.90 Å². The second-order valence-corrected chi connectivity index (χ2v) is 9.23. The maximum atomic E-state index is 13.2. The van der Waals surface area contributed by atoms with Crippen LogP contribution in [0.15, 0.2) is 73.2 Å². The van der Waals surface area contributed by atoms with Gasteiger partial charge in [-0.15, -0.1) is 0 Å². The van der Waals surface area contributed by atoms with E-state index in [0.717, 1.165) is 59.1 Å². The van der Waals surface area contributed by atoms with E-state index in [1.54, 1.807) is 24.5 Å². The van der Waals surface area contributed by atoms with E-state index >= 15 is 0 Å². The second-order valence-electron chi connectivity index (χ2n) is 9.23. The number of benzene rings is 2. The van der Waals surface area contributed by atoms with E-state index in [9.17, 15) is 9.90 Å². The van der Waals surface area contributed by atoms with Crippen molar-refractivity contribution in [2.45, 2.75) is 37.7 Å². The lowest BCUT2D eigenvalue weighted by Gasteiger charge is -2.24. The molecule has 3 aromatic heterocycles. The van der Waals surface area contributed by atoms with Gasteiger partial charge >= 0.3 is 0 Å². The Labute approximate surface area is 207 Å². The average molecular weight is 479 g/mol. The van der Waals surface area contributed by atoms with E-state index in [4.69, 9.17) is 10.7 Å². The fourth-order valence-corrected chi connectivity index (χ4v) is 5.22. The molecule has 0 unspecified atom stereocenters. The first-order chi connectivity index (χ1) is 17.6. The van der Waals surface area contributed by atoms with Gasteiger partial charge in [-0.25, -0.2) is 15.0 Å². The highest BCUT2D eigenvalue weighted by Crippen LogP contribution is 2.39. The van der Waals surface area contributed by atoms with E-state index in [1.165, 1.54) is 0 Å². The van der Waals surface area contributed by atoms with Crippen molar-refractivity contribution in [3.05, 3.63) is 84.6 Å². The van der Waals surface area contributed by atoms with Crippen LogP contribution in [0.2, 0.25) is 0 Å². The molecule has 2 aromatic carbocycles. The summed E-state index contributed by atoms with van der Waals surface area (Å²) in [6.07, 6.45) is 8.26. The largest absolute Gasteiger partial charge is 0.393 e. The summed E-state index contributed by atoms with van der Waals surface area (Å²) in [5, 5.41) is 14.6. The fraction of sp³-hybridized carbons (Fsp3) is 0.214. The predicted molar refractivity (Wildman–Crippen MR) is 140 cm³/mol. The number of imidazole rings is 1. The Balaban J connectivity index is 1.49. The zero-order valence-corrected chi connectivity index (χ0v) is 19.6. The van der Waals surface area contributed by atoms with E-state index < -0.39 is 0 Å². The summed E-state index contributed by atoms with van der Waals surface area (Å²) >= 11 is 0. The van der Waals surface area contributed by atoms with Gasteiger partial charge in [0.05, 0.1) is 6.10 Å². The number of hydrogen-bond acceptors (Lipinski definition) is 6. The van der Waals surface area contributed by atoms with Crippen LogP contribution >= 0.6 is 0 Å². The van der Waals surface area contributed by atoms with Gasteiger partial charge in [0, 0.05) is 35.6 Å². The van der Waals surface area contributed by atoms with E-state index in [1.807, 2.05) is 53.1 Å². The first kappa shape index (κ1) is 22.2. The number of nitrogens with two attached hydrogens (primary N) is 1. The normalized spacial score (nSPS) is 17.9. The lowest BCUT2D eigenvalue weighted by Crippen LogP contribution is -2.18. The molecule has 8 nitrogen and oxygen atoms in total. The molecule has 1 saturated carbocycles. The van der Waals surface area contributed by atoms with E-state index in [0.29, 0.717) is 17.2 Å². The molecule has 1 aliphatic carbocycles. The highest BCUT2D eigenvalue weighted by Gasteiger charge is 2.27. The zero-order valence-electron chi connectivity index (χ0n) is 19.6. The third-order valence-corrected chi connectivity index (χ3v) is 7.00. The number of pyridine rings is 1. The fourth-order valence-electron chi connectivity index (χ4n) is 5.22. The van der Waals surface area contributed by atoms with Crippen molar-refractivity contribution in [3.8, 4) is 11.3 Å². The molecule has 0 aliphatic heterocycles. The molecule has 1 aliphatic rings. The number of aliphatic hydroxyl groups excluding tert-OH is 1. The Morgan fingerprint density at radius 1 is 0.944 bits per heavy atom. The molecule has 5 aromatic rings. The van der Waals surface area contributed by atoms with Crippen LogP contribution in [0, 0.1) is 0 Å². The van der Waals surface area contributed by atoms with Crippen molar-refractivity contribution >= 4 is 33.8 Å². The highest BCUT2D eigenvalue weighted by atomic mass is 16.3. The molecule has 180 valence electrons. The molecule has 3 heterocycles. The third kappa shape index (κ3) is 3.85. The summed E-state index contributed by atoms with van der Waals surface area (Å²) in [6.45, 7) is 0. The Kier molecular flexibility index (Phi) is 5.58. The minimum absolute atomic E-state index is 0.228. The zero-order chi connectivity index (χ0) is 24.6. The molecule has 1 amide bonds. The van der Waals surface area contributed by atoms with Gasteiger partial charge in [0.15, 0.2) is 0 Å². The van der Waals surface area contributed by atoms with E-state index in [2.05, 4.69) is 15.3 Å². The molecular formula is C28H26N6O2. The number of nitrogens with zero attached hydrogens (tertiary/aromatic N) is 4. The molecular weight excluding hydrogens is 452 g/mol. The van der Waals surface area contributed by atoms with Crippen LogP contribution in [0.3, 0.4) is 0 Å². The molecule has 0 radical (unpaired) electrons. The Hall–Kier alpha value is -4.30. The van der Waals surface area contributed by atoms with Crippen molar-refractivity contribution in [2.75, 3.05) is 11.1 Å². The minimum Gasteiger partial charge on any atom is -0.393 e. The third-order valence-electron chi connectivity index (χ3n) is 7.00. The first-order valence-electron chi connectivity index (χ1n) is 12.1. The van der Waals surface area contributed by atoms with Gasteiger partial charge in [-0.1, -0.05) is 36.4 Å². The number of fused-ring (bicyclic) bond motifs is 2. The van der Waals surface area contributed by atoms with Crippen LogP contribution in [0.1, 0.15) is 47.8 Å². The Bertz CT molecular complexity index is 1570. The monoisotopic (exact) mass is 478 g/mol. The van der Waals surface area contributed by atoms with Gasteiger partial charge in [-0.3, -0.25) is 9.20 Å². The molecule has 8 heteroatoms. The summed E-state index contributed by atoms with van der Waals surface area (Å²) in [4.78, 5) is 26.8. The van der Waals surface area contributed by atoms with Crippen LogP contribution < -0.4 is 11.1 Å². The molecule has 36 heavy (non-hydrogen) atoms. The maximum absolute atomic E-state index is 13.2. The van der Waals surface area contributed by atoms with Gasteiger partial charge in [-0.2, -0.15) is 0 Å². The number of amides is 1. The summed E-state index contributed by atoms with van der Waals surface area (Å²) in [6, 6.07) is 17.0. The van der Waals surface area contributed by atoms with Crippen molar-refractivity contribution in [3.63, 3.8) is 0 Å². The van der Waals surface area contributed by atoms with Gasteiger partial charge in [0.1, 0.15) is 28.7 Å². The number of carbonyl (C=O) groups excluding carboxylic acids is 1. The Morgan fingerprint density at radius 3 is 2.50 bits per heavy atom. The van der Waals surface area contributed by atoms with Crippen LogP contribution in [-0.2, 0) is 0 Å². The summed E-state index contributed by atoms with van der Waals surface area (Å²) < 4.78 is 2.04. The van der Waals surface area contributed by atoms with Gasteiger partial charge in [-0.05, 0) is 54.7 Å². The molecule has 1 fully saturated rings. The topological polar surface area (TPSA) is 118 Å². The van der Waals surface area contributed by atoms with Crippen LogP contribution in [0.4, 0.5) is 11.6 Å². The molecule has 0 bridgehead atoms. The number of aromatic nitrogens is 4. The lowest BCUT2D eigenvalue weighted by atomic mass is 9.87. The van der Waals surface area contributed by atoms with Crippen LogP contribution in [0.25, 0.3) is 27.5 Å². The van der Waals surface area contributed by atoms with Crippen molar-refractivity contribution in [2.24, 2.45) is 0 Å². The van der Waals surface area contributed by atoms with Gasteiger partial charge in [0.2, 0.25) is 0 Å². The summed E-state index contributed by atoms with van der Waals surface area (Å²) in [5.74, 6) is 1.84. The maximum Gasteiger partial charge on any atom is 0.257 e. The standard InChI is InChI=1S/C28H26N6O2/c29-26-25-24(33-27(34(25)16-15-31-26)17-8-10-18(35)11-9-17)21-12-13-22(20-6-2-1-5-19(20)21)28(36)32-23-7-3-4-14-30-23/h1-7,12-18,35H,8-11H2,(H2,29,31)(H,30,32,36). The molecule has 0 atom stereocenters. The molecule has 6 rings (SSSR count). The number of aliphatic hydroxyl groups is 1. The van der Waals surface area contributed by atoms with Gasteiger partial charge in [0.25, 0.3) is 5.91 Å².